The smallest absolute Gasteiger partial charge is 0.239 e. The molecule has 3 rings (SSSR count). The van der Waals surface area contributed by atoms with Crippen LogP contribution < -0.4 is 0 Å². The SMILES string of the molecule is CC(C(=O)N1CCC(Cc2ccccc2)CC1)N1CCCC1. The molecule has 0 N–H and O–H groups in total. The second-order valence-electron chi connectivity index (χ2n) is 6.88. The first-order valence-electron chi connectivity index (χ1n) is 8.81. The van der Waals surface area contributed by atoms with E-state index in [0.717, 1.165) is 51.4 Å². The molecule has 2 aliphatic rings. The molecule has 1 aromatic carbocycles. The van der Waals surface area contributed by atoms with Crippen LogP contribution in [0.1, 0.15) is 38.2 Å². The molecule has 0 aromatic heterocycles. The molecule has 2 fully saturated rings. The van der Waals surface area contributed by atoms with Gasteiger partial charge in [-0.2, -0.15) is 0 Å². The molecule has 1 unspecified atom stereocenters. The Morgan fingerprint density at radius 3 is 2.36 bits per heavy atom. The van der Waals surface area contributed by atoms with Crippen LogP contribution in [0.5, 0.6) is 0 Å². The van der Waals surface area contributed by atoms with Crippen molar-refractivity contribution in [2.45, 2.75) is 45.1 Å². The van der Waals surface area contributed by atoms with Crippen molar-refractivity contribution in [3.8, 4) is 0 Å². The summed E-state index contributed by atoms with van der Waals surface area (Å²) in [7, 11) is 0. The van der Waals surface area contributed by atoms with Gasteiger partial charge in [-0.05, 0) is 63.6 Å². The molecule has 1 aromatic rings. The van der Waals surface area contributed by atoms with E-state index in [1.165, 1.54) is 18.4 Å². The lowest BCUT2D eigenvalue weighted by atomic mass is 9.90. The maximum Gasteiger partial charge on any atom is 0.239 e. The van der Waals surface area contributed by atoms with Crippen LogP contribution in [0.2, 0.25) is 0 Å². The Kier molecular flexibility index (Phi) is 5.14. The Morgan fingerprint density at radius 1 is 1.09 bits per heavy atom. The Balaban J connectivity index is 1.47. The molecule has 120 valence electrons. The molecule has 2 aliphatic heterocycles. The highest BCUT2D eigenvalue weighted by Crippen LogP contribution is 2.23. The van der Waals surface area contributed by atoms with Crippen LogP contribution in [0.4, 0.5) is 0 Å². The van der Waals surface area contributed by atoms with Crippen molar-refractivity contribution in [3.63, 3.8) is 0 Å². The summed E-state index contributed by atoms with van der Waals surface area (Å²) in [4.78, 5) is 17.1. The zero-order chi connectivity index (χ0) is 15.4. The Hall–Kier alpha value is -1.35. The first-order valence-corrected chi connectivity index (χ1v) is 8.81. The lowest BCUT2D eigenvalue weighted by Gasteiger charge is -2.35. The number of amides is 1. The number of hydrogen-bond acceptors (Lipinski definition) is 2. The predicted molar refractivity (Wildman–Crippen MR) is 89.7 cm³/mol. The van der Waals surface area contributed by atoms with Crippen molar-refractivity contribution >= 4 is 5.91 Å². The summed E-state index contributed by atoms with van der Waals surface area (Å²) < 4.78 is 0. The first kappa shape index (κ1) is 15.5. The molecular formula is C19H28N2O. The Bertz CT molecular complexity index is 473. The highest BCUT2D eigenvalue weighted by Gasteiger charge is 2.30. The third kappa shape index (κ3) is 3.70. The average Bonchev–Trinajstić information content (AvgIpc) is 3.10. The fourth-order valence-electron chi connectivity index (χ4n) is 3.85. The van der Waals surface area contributed by atoms with Crippen LogP contribution in [0.25, 0.3) is 0 Å². The van der Waals surface area contributed by atoms with E-state index in [1.807, 2.05) is 0 Å². The van der Waals surface area contributed by atoms with E-state index in [-0.39, 0.29) is 6.04 Å². The average molecular weight is 300 g/mol. The second kappa shape index (κ2) is 7.28. The lowest BCUT2D eigenvalue weighted by molar-refractivity contribution is -0.137. The summed E-state index contributed by atoms with van der Waals surface area (Å²) in [6, 6.07) is 10.8. The summed E-state index contributed by atoms with van der Waals surface area (Å²) in [6.07, 6.45) is 5.94. The van der Waals surface area contributed by atoms with Crippen molar-refractivity contribution in [2.24, 2.45) is 5.92 Å². The summed E-state index contributed by atoms with van der Waals surface area (Å²) >= 11 is 0. The number of hydrogen-bond donors (Lipinski definition) is 0. The third-order valence-corrected chi connectivity index (χ3v) is 5.34. The molecule has 0 aliphatic carbocycles. The van der Waals surface area contributed by atoms with Gasteiger partial charge < -0.3 is 4.90 Å². The van der Waals surface area contributed by atoms with Crippen LogP contribution in [-0.2, 0) is 11.2 Å². The van der Waals surface area contributed by atoms with Gasteiger partial charge in [0, 0.05) is 13.1 Å². The quantitative estimate of drug-likeness (QED) is 0.853. The summed E-state index contributed by atoms with van der Waals surface area (Å²) in [5.41, 5.74) is 1.43. The normalized spacial score (nSPS) is 22.0. The Morgan fingerprint density at radius 2 is 1.73 bits per heavy atom. The van der Waals surface area contributed by atoms with Crippen molar-refractivity contribution in [1.29, 1.82) is 0 Å². The Labute approximate surface area is 134 Å². The van der Waals surface area contributed by atoms with Crippen molar-refractivity contribution in [1.82, 2.24) is 9.80 Å². The van der Waals surface area contributed by atoms with E-state index < -0.39 is 0 Å². The minimum atomic E-state index is 0.0770. The molecule has 2 saturated heterocycles. The number of likely N-dealkylation sites (tertiary alicyclic amines) is 2. The number of carbonyl (C=O) groups excluding carboxylic acids is 1. The minimum absolute atomic E-state index is 0.0770. The zero-order valence-electron chi connectivity index (χ0n) is 13.7. The van der Waals surface area contributed by atoms with Gasteiger partial charge in [-0.1, -0.05) is 30.3 Å². The maximum atomic E-state index is 12.6. The predicted octanol–water partition coefficient (Wildman–Crippen LogP) is 2.95. The molecular weight excluding hydrogens is 272 g/mol. The topological polar surface area (TPSA) is 23.6 Å². The summed E-state index contributed by atoms with van der Waals surface area (Å²) in [5, 5.41) is 0. The van der Waals surface area contributed by atoms with E-state index in [2.05, 4.69) is 47.1 Å². The van der Waals surface area contributed by atoms with E-state index >= 15 is 0 Å². The van der Waals surface area contributed by atoms with Gasteiger partial charge in [0.25, 0.3) is 0 Å². The van der Waals surface area contributed by atoms with Gasteiger partial charge in [-0.15, -0.1) is 0 Å². The number of piperidine rings is 1. The first-order chi connectivity index (χ1) is 10.7. The van der Waals surface area contributed by atoms with E-state index in [4.69, 9.17) is 0 Å². The van der Waals surface area contributed by atoms with Crippen LogP contribution in [0.3, 0.4) is 0 Å². The van der Waals surface area contributed by atoms with Crippen molar-refractivity contribution in [2.75, 3.05) is 26.2 Å². The van der Waals surface area contributed by atoms with Gasteiger partial charge in [-0.3, -0.25) is 9.69 Å². The van der Waals surface area contributed by atoms with E-state index in [0.29, 0.717) is 5.91 Å². The fourth-order valence-corrected chi connectivity index (χ4v) is 3.85. The maximum absolute atomic E-state index is 12.6. The van der Waals surface area contributed by atoms with Gasteiger partial charge >= 0.3 is 0 Å². The minimum Gasteiger partial charge on any atom is -0.341 e. The monoisotopic (exact) mass is 300 g/mol. The van der Waals surface area contributed by atoms with E-state index in [9.17, 15) is 4.79 Å². The molecule has 3 nitrogen and oxygen atoms in total. The molecule has 1 atom stereocenters. The largest absolute Gasteiger partial charge is 0.341 e. The molecule has 1 amide bonds. The van der Waals surface area contributed by atoms with Gasteiger partial charge in [0.1, 0.15) is 0 Å². The third-order valence-electron chi connectivity index (χ3n) is 5.34. The van der Waals surface area contributed by atoms with E-state index in [1.54, 1.807) is 0 Å². The number of rotatable bonds is 4. The fraction of sp³-hybridized carbons (Fsp3) is 0.632. The summed E-state index contributed by atoms with van der Waals surface area (Å²) in [6.45, 7) is 6.15. The second-order valence-corrected chi connectivity index (χ2v) is 6.88. The number of carbonyl (C=O) groups is 1. The lowest BCUT2D eigenvalue weighted by Crippen LogP contribution is -2.48. The van der Waals surface area contributed by atoms with Crippen LogP contribution in [0.15, 0.2) is 30.3 Å². The van der Waals surface area contributed by atoms with Gasteiger partial charge in [0.15, 0.2) is 0 Å². The van der Waals surface area contributed by atoms with Gasteiger partial charge in [-0.25, -0.2) is 0 Å². The molecule has 3 heteroatoms. The van der Waals surface area contributed by atoms with Crippen LogP contribution in [-0.4, -0.2) is 47.9 Å². The summed E-state index contributed by atoms with van der Waals surface area (Å²) in [5.74, 6) is 1.08. The van der Waals surface area contributed by atoms with Crippen LogP contribution >= 0.6 is 0 Å². The molecule has 22 heavy (non-hydrogen) atoms. The highest BCUT2D eigenvalue weighted by atomic mass is 16.2. The molecule has 0 spiro atoms. The highest BCUT2D eigenvalue weighted by molar-refractivity contribution is 5.81. The molecule has 0 radical (unpaired) electrons. The zero-order valence-corrected chi connectivity index (χ0v) is 13.7. The number of nitrogens with zero attached hydrogens (tertiary/aromatic N) is 2. The van der Waals surface area contributed by atoms with Gasteiger partial charge in [0.2, 0.25) is 5.91 Å². The van der Waals surface area contributed by atoms with Crippen LogP contribution in [0, 0.1) is 5.92 Å². The van der Waals surface area contributed by atoms with Gasteiger partial charge in [0.05, 0.1) is 6.04 Å². The molecule has 0 saturated carbocycles. The standard InChI is InChI=1S/C19H28N2O/c1-16(20-11-5-6-12-20)19(22)21-13-9-18(10-14-21)15-17-7-3-2-4-8-17/h2-4,7-8,16,18H,5-6,9-15H2,1H3. The van der Waals surface area contributed by atoms with Crippen molar-refractivity contribution < 1.29 is 4.79 Å². The number of benzene rings is 1. The molecule has 2 heterocycles. The van der Waals surface area contributed by atoms with Crippen molar-refractivity contribution in [3.05, 3.63) is 35.9 Å². The molecule has 0 bridgehead atoms.